The van der Waals surface area contributed by atoms with Crippen molar-refractivity contribution in [3.05, 3.63) is 89.4 Å². The highest BCUT2D eigenvalue weighted by Crippen LogP contribution is 2.42. The van der Waals surface area contributed by atoms with E-state index in [0.717, 1.165) is 52.7 Å². The predicted molar refractivity (Wildman–Crippen MR) is 151 cm³/mol. The molecule has 1 unspecified atom stereocenters. The van der Waals surface area contributed by atoms with Crippen molar-refractivity contribution in [2.45, 2.75) is 58.8 Å². The van der Waals surface area contributed by atoms with E-state index in [1.165, 1.54) is 19.3 Å². The van der Waals surface area contributed by atoms with E-state index in [2.05, 4.69) is 28.2 Å². The molecule has 1 aliphatic heterocycles. The molecule has 1 aromatic carbocycles. The van der Waals surface area contributed by atoms with Crippen LogP contribution in [0.5, 0.6) is 0 Å². The first-order valence-corrected chi connectivity index (χ1v) is 13.4. The highest BCUT2D eigenvalue weighted by atomic mass is 16.5. The van der Waals surface area contributed by atoms with Gasteiger partial charge >= 0.3 is 0 Å². The molecule has 2 N–H and O–H groups in total. The summed E-state index contributed by atoms with van der Waals surface area (Å²) >= 11 is 0. The standard InChI is InChI=1S/C29H30N6O.C2H6/c1-19-25(27(32-2)21-8-4-3-5-9-21)26(23(18-30)28(31)36-19)20-11-13-22(14-12-20)35-17-16-34-29(35)24-10-6-7-15-33-24;1-2/h6-7,10-17,21,26H,3-5,8-9,31H2,1-2H3;1-2H3. The Labute approximate surface area is 225 Å². The quantitative estimate of drug-likeness (QED) is 0.387. The summed E-state index contributed by atoms with van der Waals surface area (Å²) in [5.41, 5.74) is 11.4. The van der Waals surface area contributed by atoms with Crippen LogP contribution in [0.1, 0.15) is 64.4 Å². The zero-order chi connectivity index (χ0) is 27.1. The van der Waals surface area contributed by atoms with Crippen molar-refractivity contribution in [3.8, 4) is 23.3 Å². The molecule has 0 bridgehead atoms. The van der Waals surface area contributed by atoms with E-state index >= 15 is 0 Å². The Morgan fingerprint density at radius 1 is 1.05 bits per heavy atom. The average Bonchev–Trinajstić information content (AvgIpc) is 3.47. The number of ether oxygens (including phenoxy) is 1. The van der Waals surface area contributed by atoms with E-state index < -0.39 is 0 Å². The first-order chi connectivity index (χ1) is 18.6. The maximum Gasteiger partial charge on any atom is 0.205 e. The summed E-state index contributed by atoms with van der Waals surface area (Å²) in [6.07, 6.45) is 11.3. The van der Waals surface area contributed by atoms with Crippen molar-refractivity contribution < 1.29 is 4.74 Å². The van der Waals surface area contributed by atoms with E-state index in [1.807, 2.05) is 68.9 Å². The van der Waals surface area contributed by atoms with Crippen molar-refractivity contribution in [1.29, 1.82) is 5.26 Å². The molecule has 7 nitrogen and oxygen atoms in total. The van der Waals surface area contributed by atoms with Gasteiger partial charge in [0.1, 0.15) is 23.1 Å². The molecule has 1 atom stereocenters. The zero-order valence-corrected chi connectivity index (χ0v) is 22.7. The second-order valence-electron chi connectivity index (χ2n) is 9.27. The van der Waals surface area contributed by atoms with Crippen LogP contribution in [0.15, 0.2) is 88.8 Å². The molecule has 3 aromatic rings. The fraction of sp³-hybridized carbons (Fsp3) is 0.355. The van der Waals surface area contributed by atoms with Crippen LogP contribution in [-0.4, -0.2) is 27.3 Å². The summed E-state index contributed by atoms with van der Waals surface area (Å²) in [6.45, 7) is 5.93. The van der Waals surface area contributed by atoms with Crippen molar-refractivity contribution in [3.63, 3.8) is 0 Å². The first kappa shape index (κ1) is 26.9. The molecule has 2 aromatic heterocycles. The number of hydrogen-bond donors (Lipinski definition) is 1. The van der Waals surface area contributed by atoms with Gasteiger partial charge in [-0.3, -0.25) is 14.5 Å². The van der Waals surface area contributed by atoms with Gasteiger partial charge in [-0.2, -0.15) is 5.26 Å². The summed E-state index contributed by atoms with van der Waals surface area (Å²) in [5, 5.41) is 10.1. The van der Waals surface area contributed by atoms with Gasteiger partial charge in [0.15, 0.2) is 5.82 Å². The highest BCUT2D eigenvalue weighted by molar-refractivity contribution is 6.04. The van der Waals surface area contributed by atoms with Gasteiger partial charge in [0.25, 0.3) is 0 Å². The van der Waals surface area contributed by atoms with E-state index in [9.17, 15) is 5.26 Å². The number of nitrogens with two attached hydrogens (primary N) is 1. The molecule has 7 heteroatoms. The number of benzene rings is 1. The van der Waals surface area contributed by atoms with Crippen LogP contribution in [0.3, 0.4) is 0 Å². The normalized spacial score (nSPS) is 18.4. The van der Waals surface area contributed by atoms with Gasteiger partial charge in [0, 0.05) is 48.5 Å². The van der Waals surface area contributed by atoms with Crippen molar-refractivity contribution in [2.24, 2.45) is 16.6 Å². The number of nitrogens with zero attached hydrogens (tertiary/aromatic N) is 5. The monoisotopic (exact) mass is 508 g/mol. The molecule has 0 amide bonds. The van der Waals surface area contributed by atoms with Crippen LogP contribution in [0, 0.1) is 17.2 Å². The lowest BCUT2D eigenvalue weighted by molar-refractivity contribution is 0.283. The average molecular weight is 509 g/mol. The molecule has 0 radical (unpaired) electrons. The van der Waals surface area contributed by atoms with Crippen molar-refractivity contribution in [2.75, 3.05) is 7.05 Å². The lowest BCUT2D eigenvalue weighted by atomic mass is 9.74. The minimum absolute atomic E-state index is 0.166. The summed E-state index contributed by atoms with van der Waals surface area (Å²) in [5.74, 6) is 1.70. The summed E-state index contributed by atoms with van der Waals surface area (Å²) in [7, 11) is 1.84. The van der Waals surface area contributed by atoms with E-state index in [1.54, 1.807) is 12.4 Å². The number of pyridine rings is 1. The highest BCUT2D eigenvalue weighted by Gasteiger charge is 2.36. The third kappa shape index (κ3) is 5.26. The van der Waals surface area contributed by atoms with Crippen molar-refractivity contribution in [1.82, 2.24) is 14.5 Å². The molecule has 5 rings (SSSR count). The van der Waals surface area contributed by atoms with Gasteiger partial charge in [-0.25, -0.2) is 4.98 Å². The second kappa shape index (κ2) is 12.4. The molecular formula is C31H36N6O. The Morgan fingerprint density at radius 2 is 1.79 bits per heavy atom. The molecule has 1 aliphatic carbocycles. The van der Waals surface area contributed by atoms with Gasteiger partial charge in [-0.05, 0) is 49.6 Å². The van der Waals surface area contributed by atoms with Gasteiger partial charge in [0.05, 0.1) is 5.92 Å². The number of aliphatic imine (C=N–C) groups is 1. The molecule has 2 aliphatic rings. The maximum atomic E-state index is 10.1. The van der Waals surface area contributed by atoms with Crippen LogP contribution >= 0.6 is 0 Å². The largest absolute Gasteiger partial charge is 0.445 e. The molecule has 0 saturated heterocycles. The Morgan fingerprint density at radius 3 is 2.42 bits per heavy atom. The number of allylic oxidation sites excluding steroid dienone is 3. The van der Waals surface area contributed by atoms with Gasteiger partial charge in [-0.15, -0.1) is 0 Å². The lowest BCUT2D eigenvalue weighted by Gasteiger charge is -2.33. The fourth-order valence-electron chi connectivity index (χ4n) is 5.47. The van der Waals surface area contributed by atoms with Crippen LogP contribution in [0.2, 0.25) is 0 Å². The molecule has 38 heavy (non-hydrogen) atoms. The number of nitriles is 1. The molecule has 3 heterocycles. The summed E-state index contributed by atoms with van der Waals surface area (Å²) in [6, 6.07) is 16.3. The summed E-state index contributed by atoms with van der Waals surface area (Å²) < 4.78 is 7.90. The third-order valence-electron chi connectivity index (χ3n) is 7.15. The van der Waals surface area contributed by atoms with E-state index in [4.69, 9.17) is 15.5 Å². The fourth-order valence-corrected chi connectivity index (χ4v) is 5.47. The van der Waals surface area contributed by atoms with Gasteiger partial charge in [-0.1, -0.05) is 51.3 Å². The SMILES string of the molecule is CC.CN=C(C1=C(C)OC(N)=C(C#N)C1c1ccc(-n2ccnc2-c2ccccn2)cc1)C1CCCCC1. The number of hydrogen-bond acceptors (Lipinski definition) is 6. The summed E-state index contributed by atoms with van der Waals surface area (Å²) in [4.78, 5) is 13.7. The first-order valence-electron chi connectivity index (χ1n) is 13.4. The van der Waals surface area contributed by atoms with Crippen LogP contribution < -0.4 is 5.73 Å². The molecule has 196 valence electrons. The topological polar surface area (TPSA) is 102 Å². The van der Waals surface area contributed by atoms with Crippen LogP contribution in [0.4, 0.5) is 0 Å². The smallest absolute Gasteiger partial charge is 0.205 e. The minimum atomic E-state index is -0.323. The van der Waals surface area contributed by atoms with E-state index in [-0.39, 0.29) is 11.8 Å². The number of imidazole rings is 1. The number of aromatic nitrogens is 3. The van der Waals surface area contributed by atoms with Crippen molar-refractivity contribution >= 4 is 5.71 Å². The second-order valence-corrected chi connectivity index (χ2v) is 9.27. The minimum Gasteiger partial charge on any atom is -0.445 e. The Kier molecular flexibility index (Phi) is 8.75. The van der Waals surface area contributed by atoms with Gasteiger partial charge in [0.2, 0.25) is 5.88 Å². The molecular weight excluding hydrogens is 472 g/mol. The molecule has 0 spiro atoms. The van der Waals surface area contributed by atoms with Gasteiger partial charge < -0.3 is 10.5 Å². The molecule has 1 saturated carbocycles. The molecule has 1 fully saturated rings. The maximum absolute atomic E-state index is 10.1. The zero-order valence-electron chi connectivity index (χ0n) is 22.7. The Balaban J connectivity index is 0.00000164. The van der Waals surface area contributed by atoms with E-state index in [0.29, 0.717) is 11.5 Å². The lowest BCUT2D eigenvalue weighted by Crippen LogP contribution is -2.29. The van der Waals surface area contributed by atoms with Crippen LogP contribution in [-0.2, 0) is 4.74 Å². The Hall–Kier alpha value is -4.18. The Bertz CT molecular complexity index is 1370. The third-order valence-corrected chi connectivity index (χ3v) is 7.15. The number of rotatable bonds is 5. The predicted octanol–water partition coefficient (Wildman–Crippen LogP) is 6.69. The van der Waals surface area contributed by atoms with Crippen LogP contribution in [0.25, 0.3) is 17.2 Å².